The maximum absolute atomic E-state index is 9.40. The van der Waals surface area contributed by atoms with E-state index in [0.29, 0.717) is 5.56 Å². The number of aromatic nitrogens is 2. The molecule has 0 unspecified atom stereocenters. The van der Waals surface area contributed by atoms with E-state index in [9.17, 15) is 5.26 Å². The fourth-order valence-corrected chi connectivity index (χ4v) is 2.29. The van der Waals surface area contributed by atoms with E-state index in [1.165, 1.54) is 0 Å². The molecule has 100 valence electrons. The summed E-state index contributed by atoms with van der Waals surface area (Å²) in [7, 11) is 0. The zero-order valence-electron chi connectivity index (χ0n) is 11.6. The molecular formula is C18H13N3. The molecule has 0 fully saturated rings. The van der Waals surface area contributed by atoms with E-state index in [4.69, 9.17) is 0 Å². The largest absolute Gasteiger partial charge is 0.256 e. The molecule has 0 aliphatic rings. The number of hydrogen-bond acceptors (Lipinski definition) is 3. The quantitative estimate of drug-likeness (QED) is 0.708. The van der Waals surface area contributed by atoms with Crippen LogP contribution in [0.1, 0.15) is 11.3 Å². The SMILES string of the molecule is Cc1nc(-c2ccccc2)cc(-c2ccccn2)c1C#N. The molecule has 0 N–H and O–H groups in total. The number of benzene rings is 1. The zero-order chi connectivity index (χ0) is 14.7. The molecular weight excluding hydrogens is 258 g/mol. The van der Waals surface area contributed by atoms with Crippen LogP contribution in [0.25, 0.3) is 22.5 Å². The number of aryl methyl sites for hydroxylation is 1. The predicted molar refractivity (Wildman–Crippen MR) is 82.4 cm³/mol. The van der Waals surface area contributed by atoms with Gasteiger partial charge in [-0.25, -0.2) is 0 Å². The second-order valence-electron chi connectivity index (χ2n) is 4.71. The Kier molecular flexibility index (Phi) is 3.44. The normalized spacial score (nSPS) is 10.1. The number of nitriles is 1. The van der Waals surface area contributed by atoms with Crippen LogP contribution < -0.4 is 0 Å². The highest BCUT2D eigenvalue weighted by molar-refractivity contribution is 5.74. The molecule has 21 heavy (non-hydrogen) atoms. The maximum atomic E-state index is 9.40. The molecule has 3 nitrogen and oxygen atoms in total. The Morgan fingerprint density at radius 3 is 2.38 bits per heavy atom. The Hall–Kier alpha value is -2.99. The molecule has 0 aliphatic carbocycles. The smallest absolute Gasteiger partial charge is 0.102 e. The molecule has 0 spiro atoms. The molecule has 0 saturated heterocycles. The molecule has 0 atom stereocenters. The average Bonchev–Trinajstić information content (AvgIpc) is 2.55. The van der Waals surface area contributed by atoms with Crippen molar-refractivity contribution < 1.29 is 0 Å². The molecule has 1 aromatic carbocycles. The summed E-state index contributed by atoms with van der Waals surface area (Å²) in [6.45, 7) is 1.86. The highest BCUT2D eigenvalue weighted by Crippen LogP contribution is 2.28. The first-order valence-electron chi connectivity index (χ1n) is 6.68. The predicted octanol–water partition coefficient (Wildman–Crippen LogP) is 3.99. The summed E-state index contributed by atoms with van der Waals surface area (Å²) in [5.41, 5.74) is 4.80. The summed E-state index contributed by atoms with van der Waals surface area (Å²) in [5.74, 6) is 0. The third-order valence-electron chi connectivity index (χ3n) is 3.32. The molecule has 0 amide bonds. The second-order valence-corrected chi connectivity index (χ2v) is 4.71. The minimum absolute atomic E-state index is 0.577. The Labute approximate surface area is 123 Å². The van der Waals surface area contributed by atoms with Gasteiger partial charge >= 0.3 is 0 Å². The second kappa shape index (κ2) is 5.56. The Bertz CT molecular complexity index is 803. The number of nitrogens with zero attached hydrogens (tertiary/aromatic N) is 3. The lowest BCUT2D eigenvalue weighted by Gasteiger charge is -2.09. The van der Waals surface area contributed by atoms with Gasteiger partial charge in [0.25, 0.3) is 0 Å². The zero-order valence-corrected chi connectivity index (χ0v) is 11.6. The minimum Gasteiger partial charge on any atom is -0.256 e. The highest BCUT2D eigenvalue weighted by Gasteiger charge is 2.13. The van der Waals surface area contributed by atoms with Crippen molar-refractivity contribution in [1.29, 1.82) is 5.26 Å². The molecule has 3 rings (SSSR count). The molecule has 3 aromatic rings. The van der Waals surface area contributed by atoms with Crippen LogP contribution in [-0.2, 0) is 0 Å². The number of rotatable bonds is 2. The molecule has 0 aliphatic heterocycles. The first kappa shape index (κ1) is 13.0. The van der Waals surface area contributed by atoms with Gasteiger partial charge in [-0.15, -0.1) is 0 Å². The molecule has 2 heterocycles. The van der Waals surface area contributed by atoms with Gasteiger partial charge in [-0.3, -0.25) is 9.97 Å². The first-order chi connectivity index (χ1) is 10.3. The van der Waals surface area contributed by atoms with Gasteiger partial charge in [0.15, 0.2) is 0 Å². The fourth-order valence-electron chi connectivity index (χ4n) is 2.29. The third-order valence-corrected chi connectivity index (χ3v) is 3.32. The lowest BCUT2D eigenvalue weighted by Crippen LogP contribution is -1.96. The van der Waals surface area contributed by atoms with Crippen molar-refractivity contribution in [2.24, 2.45) is 0 Å². The van der Waals surface area contributed by atoms with E-state index in [-0.39, 0.29) is 0 Å². The van der Waals surface area contributed by atoms with E-state index in [0.717, 1.165) is 28.2 Å². The van der Waals surface area contributed by atoms with E-state index in [1.807, 2.05) is 61.5 Å². The molecule has 2 aromatic heterocycles. The standard InChI is InChI=1S/C18H13N3/c1-13-16(12-19)15(17-9-5-6-10-20-17)11-18(21-13)14-7-3-2-4-8-14/h2-11H,1H3. The molecule has 0 saturated carbocycles. The van der Waals surface area contributed by atoms with E-state index < -0.39 is 0 Å². The fraction of sp³-hybridized carbons (Fsp3) is 0.0556. The Morgan fingerprint density at radius 2 is 1.71 bits per heavy atom. The topological polar surface area (TPSA) is 49.6 Å². The van der Waals surface area contributed by atoms with Crippen molar-refractivity contribution in [3.05, 3.63) is 72.1 Å². The minimum atomic E-state index is 0.577. The van der Waals surface area contributed by atoms with Crippen molar-refractivity contribution >= 4 is 0 Å². The maximum Gasteiger partial charge on any atom is 0.102 e. The van der Waals surface area contributed by atoms with E-state index in [2.05, 4.69) is 16.0 Å². The lowest BCUT2D eigenvalue weighted by molar-refractivity contribution is 1.18. The van der Waals surface area contributed by atoms with Gasteiger partial charge in [-0.1, -0.05) is 36.4 Å². The van der Waals surface area contributed by atoms with Crippen molar-refractivity contribution in [3.8, 4) is 28.6 Å². The number of hydrogen-bond donors (Lipinski definition) is 0. The van der Waals surface area contributed by atoms with E-state index in [1.54, 1.807) is 6.20 Å². The third kappa shape index (κ3) is 2.52. The van der Waals surface area contributed by atoms with Crippen LogP contribution in [0.2, 0.25) is 0 Å². The molecule has 0 radical (unpaired) electrons. The van der Waals surface area contributed by atoms with E-state index >= 15 is 0 Å². The Balaban J connectivity index is 2.24. The van der Waals surface area contributed by atoms with Crippen LogP contribution in [0.3, 0.4) is 0 Å². The Morgan fingerprint density at radius 1 is 0.952 bits per heavy atom. The molecule has 0 bridgehead atoms. The van der Waals surface area contributed by atoms with Gasteiger partial charge in [0, 0.05) is 17.3 Å². The highest BCUT2D eigenvalue weighted by atomic mass is 14.7. The van der Waals surface area contributed by atoms with Crippen LogP contribution in [0.15, 0.2) is 60.8 Å². The van der Waals surface area contributed by atoms with Crippen molar-refractivity contribution in [3.63, 3.8) is 0 Å². The van der Waals surface area contributed by atoms with Crippen LogP contribution >= 0.6 is 0 Å². The van der Waals surface area contributed by atoms with Crippen LogP contribution in [0.5, 0.6) is 0 Å². The van der Waals surface area contributed by atoms with Gasteiger partial charge in [0.1, 0.15) is 6.07 Å². The van der Waals surface area contributed by atoms with Gasteiger partial charge in [-0.2, -0.15) is 5.26 Å². The summed E-state index contributed by atoms with van der Waals surface area (Å²) in [6, 6.07) is 19.8. The van der Waals surface area contributed by atoms with Gasteiger partial charge in [0.05, 0.1) is 22.6 Å². The summed E-state index contributed by atoms with van der Waals surface area (Å²) < 4.78 is 0. The monoisotopic (exact) mass is 271 g/mol. The van der Waals surface area contributed by atoms with Crippen molar-refractivity contribution in [1.82, 2.24) is 9.97 Å². The van der Waals surface area contributed by atoms with Crippen molar-refractivity contribution in [2.45, 2.75) is 6.92 Å². The summed E-state index contributed by atoms with van der Waals surface area (Å²) in [6.07, 6.45) is 1.73. The summed E-state index contributed by atoms with van der Waals surface area (Å²) in [4.78, 5) is 8.90. The van der Waals surface area contributed by atoms with Gasteiger partial charge in [0.2, 0.25) is 0 Å². The van der Waals surface area contributed by atoms with Crippen LogP contribution in [0.4, 0.5) is 0 Å². The van der Waals surface area contributed by atoms with Gasteiger partial charge < -0.3 is 0 Å². The lowest BCUT2D eigenvalue weighted by atomic mass is 10.0. The van der Waals surface area contributed by atoms with Crippen LogP contribution in [0, 0.1) is 18.3 Å². The summed E-state index contributed by atoms with van der Waals surface area (Å²) in [5, 5.41) is 9.40. The summed E-state index contributed by atoms with van der Waals surface area (Å²) >= 11 is 0. The van der Waals surface area contributed by atoms with Crippen molar-refractivity contribution in [2.75, 3.05) is 0 Å². The average molecular weight is 271 g/mol. The molecule has 3 heteroatoms. The number of pyridine rings is 2. The van der Waals surface area contributed by atoms with Crippen LogP contribution in [-0.4, -0.2) is 9.97 Å². The first-order valence-corrected chi connectivity index (χ1v) is 6.68. The van der Waals surface area contributed by atoms with Gasteiger partial charge in [-0.05, 0) is 25.1 Å².